The van der Waals surface area contributed by atoms with Crippen molar-refractivity contribution in [1.82, 2.24) is 9.88 Å². The van der Waals surface area contributed by atoms with Crippen molar-refractivity contribution in [3.05, 3.63) is 54.2 Å². The summed E-state index contributed by atoms with van der Waals surface area (Å²) < 4.78 is 0. The van der Waals surface area contributed by atoms with E-state index in [0.717, 1.165) is 28.7 Å². The molecule has 0 atom stereocenters. The Balaban J connectivity index is 2.13. The highest BCUT2D eigenvalue weighted by Gasteiger charge is 2.25. The fraction of sp³-hybridized carbons (Fsp3) is 0.143. The Labute approximate surface area is 112 Å². The molecule has 0 saturated heterocycles. The number of aromatic nitrogens is 1. The van der Waals surface area contributed by atoms with Crippen LogP contribution >= 0.6 is 12.2 Å². The summed E-state index contributed by atoms with van der Waals surface area (Å²) in [4.78, 5) is 9.56. The molecule has 0 aliphatic carbocycles. The van der Waals surface area contributed by atoms with Gasteiger partial charge in [0.1, 0.15) is 10.8 Å². The molecule has 4 heteroatoms. The maximum Gasteiger partial charge on any atom is 0.144 e. The first-order chi connectivity index (χ1) is 8.77. The van der Waals surface area contributed by atoms with Crippen molar-refractivity contribution in [3.8, 4) is 0 Å². The first kappa shape index (κ1) is 11.2. The quantitative estimate of drug-likeness (QED) is 0.729. The van der Waals surface area contributed by atoms with E-state index in [0.29, 0.717) is 0 Å². The van der Waals surface area contributed by atoms with Gasteiger partial charge in [-0.05, 0) is 24.3 Å². The Hall–Kier alpha value is -1.94. The molecule has 2 aromatic rings. The van der Waals surface area contributed by atoms with Gasteiger partial charge in [-0.25, -0.2) is 4.98 Å². The Kier molecular flexibility index (Phi) is 2.72. The van der Waals surface area contributed by atoms with Crippen LogP contribution in [0.1, 0.15) is 5.56 Å². The van der Waals surface area contributed by atoms with Gasteiger partial charge in [-0.15, -0.1) is 0 Å². The van der Waals surface area contributed by atoms with Gasteiger partial charge in [0.15, 0.2) is 0 Å². The molecule has 1 aliphatic rings. The van der Waals surface area contributed by atoms with Crippen molar-refractivity contribution in [1.29, 1.82) is 0 Å². The lowest BCUT2D eigenvalue weighted by Crippen LogP contribution is -2.42. The Bertz CT molecular complexity index is 583. The van der Waals surface area contributed by atoms with Crippen molar-refractivity contribution in [2.45, 2.75) is 0 Å². The van der Waals surface area contributed by atoms with Crippen LogP contribution in [0.25, 0.3) is 0 Å². The second-order valence-corrected chi connectivity index (χ2v) is 4.67. The maximum absolute atomic E-state index is 5.45. The maximum atomic E-state index is 5.45. The monoisotopic (exact) mass is 255 g/mol. The third-order valence-electron chi connectivity index (χ3n) is 3.04. The number of para-hydroxylation sites is 1. The molecule has 0 unspecified atom stereocenters. The zero-order valence-electron chi connectivity index (χ0n) is 10.1. The lowest BCUT2D eigenvalue weighted by Gasteiger charge is -2.36. The van der Waals surface area contributed by atoms with E-state index in [1.165, 1.54) is 0 Å². The predicted octanol–water partition coefficient (Wildman–Crippen LogP) is 2.80. The van der Waals surface area contributed by atoms with Gasteiger partial charge in [-0.2, -0.15) is 0 Å². The topological polar surface area (TPSA) is 19.4 Å². The van der Waals surface area contributed by atoms with Gasteiger partial charge in [0.2, 0.25) is 0 Å². The number of nitrogens with zero attached hydrogens (tertiary/aromatic N) is 3. The van der Waals surface area contributed by atoms with E-state index >= 15 is 0 Å². The van der Waals surface area contributed by atoms with Crippen molar-refractivity contribution in [2.75, 3.05) is 18.6 Å². The molecule has 1 aliphatic heterocycles. The van der Waals surface area contributed by atoms with Crippen LogP contribution in [-0.2, 0) is 0 Å². The van der Waals surface area contributed by atoms with Crippen molar-refractivity contribution in [3.63, 3.8) is 0 Å². The SMILES string of the molecule is CN1CN(c2ccccc2)c2ncccc2C1=S. The van der Waals surface area contributed by atoms with E-state index in [1.807, 2.05) is 43.6 Å². The molecule has 0 bridgehead atoms. The van der Waals surface area contributed by atoms with E-state index in [1.54, 1.807) is 0 Å². The number of rotatable bonds is 1. The van der Waals surface area contributed by atoms with Crippen molar-refractivity contribution < 1.29 is 0 Å². The van der Waals surface area contributed by atoms with Gasteiger partial charge in [0.05, 0.1) is 12.2 Å². The molecule has 3 nitrogen and oxygen atoms in total. The molecule has 1 aromatic carbocycles. The summed E-state index contributed by atoms with van der Waals surface area (Å²) in [5.41, 5.74) is 2.15. The third-order valence-corrected chi connectivity index (χ3v) is 3.57. The van der Waals surface area contributed by atoms with Gasteiger partial charge >= 0.3 is 0 Å². The summed E-state index contributed by atoms with van der Waals surface area (Å²) in [5, 5.41) is 0. The smallest absolute Gasteiger partial charge is 0.144 e. The number of fused-ring (bicyclic) bond motifs is 1. The summed E-state index contributed by atoms with van der Waals surface area (Å²) in [6, 6.07) is 14.2. The number of hydrogen-bond acceptors (Lipinski definition) is 3. The fourth-order valence-electron chi connectivity index (χ4n) is 2.14. The van der Waals surface area contributed by atoms with Crippen molar-refractivity contribution in [2.24, 2.45) is 0 Å². The minimum Gasteiger partial charge on any atom is -0.347 e. The highest BCUT2D eigenvalue weighted by atomic mass is 32.1. The summed E-state index contributed by atoms with van der Waals surface area (Å²) in [7, 11) is 2.01. The minimum absolute atomic E-state index is 0.729. The van der Waals surface area contributed by atoms with Crippen LogP contribution in [0.4, 0.5) is 11.5 Å². The Morgan fingerprint density at radius 1 is 1.11 bits per heavy atom. The molecule has 0 N–H and O–H groups in total. The number of benzene rings is 1. The van der Waals surface area contributed by atoms with E-state index in [-0.39, 0.29) is 0 Å². The van der Waals surface area contributed by atoms with Crippen LogP contribution in [0.2, 0.25) is 0 Å². The van der Waals surface area contributed by atoms with Gasteiger partial charge in [-0.3, -0.25) is 0 Å². The number of hydrogen-bond donors (Lipinski definition) is 0. The van der Waals surface area contributed by atoms with Gasteiger partial charge in [-0.1, -0.05) is 30.4 Å². The van der Waals surface area contributed by atoms with Crippen LogP contribution in [0.3, 0.4) is 0 Å². The van der Waals surface area contributed by atoms with Gasteiger partial charge in [0, 0.05) is 18.9 Å². The molecular weight excluding hydrogens is 242 g/mol. The zero-order valence-corrected chi connectivity index (χ0v) is 10.9. The van der Waals surface area contributed by atoms with Gasteiger partial charge in [0.25, 0.3) is 0 Å². The van der Waals surface area contributed by atoms with Crippen LogP contribution in [0, 0.1) is 0 Å². The number of pyridine rings is 1. The average molecular weight is 255 g/mol. The highest BCUT2D eigenvalue weighted by Crippen LogP contribution is 2.31. The van der Waals surface area contributed by atoms with E-state index in [9.17, 15) is 0 Å². The first-order valence-electron chi connectivity index (χ1n) is 5.80. The van der Waals surface area contributed by atoms with Crippen LogP contribution in [0.15, 0.2) is 48.7 Å². The molecule has 1 aromatic heterocycles. The molecule has 0 spiro atoms. The van der Waals surface area contributed by atoms with Crippen LogP contribution < -0.4 is 4.90 Å². The molecule has 0 radical (unpaired) electrons. The van der Waals surface area contributed by atoms with E-state index in [2.05, 4.69) is 26.9 Å². The third kappa shape index (κ3) is 1.75. The summed E-state index contributed by atoms with van der Waals surface area (Å²) in [6.45, 7) is 0.729. The molecule has 90 valence electrons. The molecule has 18 heavy (non-hydrogen) atoms. The molecule has 3 rings (SSSR count). The Morgan fingerprint density at radius 2 is 1.89 bits per heavy atom. The van der Waals surface area contributed by atoms with Crippen LogP contribution in [0.5, 0.6) is 0 Å². The molecular formula is C14H13N3S. The first-order valence-corrected chi connectivity index (χ1v) is 6.21. The lowest BCUT2D eigenvalue weighted by atomic mass is 10.1. The van der Waals surface area contributed by atoms with Crippen LogP contribution in [-0.4, -0.2) is 28.6 Å². The van der Waals surface area contributed by atoms with E-state index < -0.39 is 0 Å². The largest absolute Gasteiger partial charge is 0.347 e. The standard InChI is InChI=1S/C14H13N3S/c1-16-10-17(11-6-3-2-4-7-11)13-12(14(16)18)8-5-9-15-13/h2-9H,10H2,1H3. The number of thiocarbonyl (C=S) groups is 1. The minimum atomic E-state index is 0.729. The van der Waals surface area contributed by atoms with Gasteiger partial charge < -0.3 is 9.80 Å². The average Bonchev–Trinajstić information content (AvgIpc) is 2.44. The fourth-order valence-corrected chi connectivity index (χ4v) is 2.36. The van der Waals surface area contributed by atoms with E-state index in [4.69, 9.17) is 12.2 Å². The summed E-state index contributed by atoms with van der Waals surface area (Å²) in [5.74, 6) is 0.937. The molecule has 2 heterocycles. The molecule has 0 amide bonds. The predicted molar refractivity (Wildman–Crippen MR) is 77.1 cm³/mol. The molecule has 0 fully saturated rings. The normalized spacial score (nSPS) is 14.6. The lowest BCUT2D eigenvalue weighted by molar-refractivity contribution is 0.511. The zero-order chi connectivity index (χ0) is 12.5. The second-order valence-electron chi connectivity index (χ2n) is 4.28. The molecule has 0 saturated carbocycles. The second kappa shape index (κ2) is 4.38. The number of anilines is 2. The summed E-state index contributed by atoms with van der Waals surface area (Å²) in [6.07, 6.45) is 1.81. The Morgan fingerprint density at radius 3 is 2.67 bits per heavy atom. The summed E-state index contributed by atoms with van der Waals surface area (Å²) >= 11 is 5.45. The van der Waals surface area contributed by atoms with Crippen molar-refractivity contribution >= 4 is 28.7 Å². The highest BCUT2D eigenvalue weighted by molar-refractivity contribution is 7.80.